The second-order valence-corrected chi connectivity index (χ2v) is 9.25. The molecule has 4 aromatic heterocycles. The van der Waals surface area contributed by atoms with Gasteiger partial charge in [-0.15, -0.1) is 5.10 Å². The average molecular weight is 477 g/mol. The summed E-state index contributed by atoms with van der Waals surface area (Å²) in [5, 5.41) is 36.3. The van der Waals surface area contributed by atoms with Gasteiger partial charge in [-0.25, -0.2) is 4.98 Å². The minimum atomic E-state index is -1.46. The first-order valence-corrected chi connectivity index (χ1v) is 11.2. The molecule has 6 rings (SSSR count). The third kappa shape index (κ3) is 2.85. The van der Waals surface area contributed by atoms with Crippen LogP contribution in [0.25, 0.3) is 28.5 Å². The van der Waals surface area contributed by atoms with Crippen LogP contribution in [0.15, 0.2) is 36.9 Å². The molecule has 4 heterocycles. The van der Waals surface area contributed by atoms with Gasteiger partial charge in [0.15, 0.2) is 17.0 Å². The van der Waals surface area contributed by atoms with E-state index in [2.05, 4.69) is 40.9 Å². The number of aliphatic hydroxyl groups is 2. The van der Waals surface area contributed by atoms with Crippen LogP contribution in [0.2, 0.25) is 0 Å². The number of aromatic nitrogens is 8. The Balaban J connectivity index is 1.39. The second-order valence-electron chi connectivity index (χ2n) is 9.25. The minimum absolute atomic E-state index is 0.256. The van der Waals surface area contributed by atoms with E-state index in [-0.39, 0.29) is 17.8 Å². The molecule has 2 saturated carbocycles. The topological polar surface area (TPSA) is 169 Å². The van der Waals surface area contributed by atoms with Gasteiger partial charge in [0.1, 0.15) is 11.3 Å². The summed E-state index contributed by atoms with van der Waals surface area (Å²) >= 11 is 0. The number of nitrogens with zero attached hydrogens (tertiary/aromatic N) is 8. The Morgan fingerprint density at radius 3 is 2.69 bits per heavy atom. The molecule has 1 amide bonds. The number of hydrogen-bond acceptors (Lipinski definition) is 10. The predicted molar refractivity (Wildman–Crippen MR) is 123 cm³/mol. The molecule has 13 nitrogen and oxygen atoms in total. The van der Waals surface area contributed by atoms with E-state index in [9.17, 15) is 15.0 Å². The molecule has 0 saturated heterocycles. The van der Waals surface area contributed by atoms with E-state index in [0.29, 0.717) is 34.8 Å². The van der Waals surface area contributed by atoms with Gasteiger partial charge in [-0.1, -0.05) is 11.3 Å². The van der Waals surface area contributed by atoms with Crippen molar-refractivity contribution in [2.24, 2.45) is 11.3 Å². The fourth-order valence-electron chi connectivity index (χ4n) is 5.46. The predicted octanol–water partition coefficient (Wildman–Crippen LogP) is -0.0704. The number of aliphatic hydroxyl groups excluding tert-OH is 1. The number of carbonyl (C=O) groups excluding carboxylic acids is 1. The smallest absolute Gasteiger partial charge is 0.256 e. The number of carbonyl (C=O) groups is 1. The van der Waals surface area contributed by atoms with Crippen LogP contribution < -0.4 is 10.6 Å². The van der Waals surface area contributed by atoms with Gasteiger partial charge in [-0.3, -0.25) is 9.78 Å². The molecular weight excluding hydrogens is 452 g/mol. The molecule has 2 aliphatic carbocycles. The van der Waals surface area contributed by atoms with E-state index in [1.165, 1.54) is 11.7 Å². The number of hydrogen-bond donors (Lipinski definition) is 4. The van der Waals surface area contributed by atoms with Gasteiger partial charge >= 0.3 is 0 Å². The lowest BCUT2D eigenvalue weighted by atomic mass is 9.80. The van der Waals surface area contributed by atoms with Crippen molar-refractivity contribution in [1.82, 2.24) is 44.8 Å². The molecule has 4 aromatic rings. The molecule has 35 heavy (non-hydrogen) atoms. The lowest BCUT2D eigenvalue weighted by molar-refractivity contribution is -0.140. The lowest BCUT2D eigenvalue weighted by Crippen LogP contribution is -2.49. The molecule has 180 valence electrons. The Bertz CT molecular complexity index is 1450. The van der Waals surface area contributed by atoms with Gasteiger partial charge in [-0.05, 0) is 25.5 Å². The Labute approximate surface area is 199 Å². The van der Waals surface area contributed by atoms with Gasteiger partial charge in [0.2, 0.25) is 5.91 Å². The Morgan fingerprint density at radius 2 is 2.03 bits per heavy atom. The summed E-state index contributed by atoms with van der Waals surface area (Å²) in [7, 11) is 3.25. The Hall–Kier alpha value is -3.97. The fourth-order valence-corrected chi connectivity index (χ4v) is 5.46. The molecule has 0 aliphatic heterocycles. The maximum atomic E-state index is 12.4. The maximum Gasteiger partial charge on any atom is 0.256 e. The largest absolute Gasteiger partial charge is 0.389 e. The fraction of sp³-hybridized carbons (Fsp3) is 0.409. The highest BCUT2D eigenvalue weighted by atomic mass is 16.4. The zero-order valence-electron chi connectivity index (χ0n) is 19.3. The number of anilines is 1. The molecule has 0 bridgehead atoms. The summed E-state index contributed by atoms with van der Waals surface area (Å²) in [6.07, 6.45) is 4.04. The highest BCUT2D eigenvalue weighted by Crippen LogP contribution is 2.69. The Morgan fingerprint density at radius 1 is 1.20 bits per heavy atom. The molecule has 5 atom stereocenters. The molecular formula is C22H24N10O3. The first-order valence-electron chi connectivity index (χ1n) is 11.2. The zero-order chi connectivity index (χ0) is 24.5. The van der Waals surface area contributed by atoms with E-state index in [1.807, 2.05) is 18.2 Å². The van der Waals surface area contributed by atoms with Crippen LogP contribution >= 0.6 is 0 Å². The number of fused-ring (bicyclic) bond motifs is 2. The van der Waals surface area contributed by atoms with Crippen molar-refractivity contribution in [1.29, 1.82) is 0 Å². The minimum Gasteiger partial charge on any atom is -0.389 e. The van der Waals surface area contributed by atoms with Crippen molar-refractivity contribution >= 4 is 22.9 Å². The molecule has 4 N–H and O–H groups in total. The quantitative estimate of drug-likeness (QED) is 0.306. The van der Waals surface area contributed by atoms with E-state index in [4.69, 9.17) is 0 Å². The summed E-state index contributed by atoms with van der Waals surface area (Å²) in [6, 6.07) is 5.03. The first kappa shape index (κ1) is 21.6. The number of imidazole rings is 1. The number of rotatable bonds is 5. The van der Waals surface area contributed by atoms with E-state index in [1.54, 1.807) is 37.3 Å². The van der Waals surface area contributed by atoms with Gasteiger partial charge < -0.3 is 25.4 Å². The highest BCUT2D eigenvalue weighted by Gasteiger charge is 2.79. The van der Waals surface area contributed by atoms with E-state index < -0.39 is 23.2 Å². The monoisotopic (exact) mass is 476 g/mol. The van der Waals surface area contributed by atoms with Gasteiger partial charge in [0.25, 0.3) is 5.95 Å². The number of pyridine rings is 1. The number of amides is 1. The van der Waals surface area contributed by atoms with Crippen LogP contribution in [-0.4, -0.2) is 81.4 Å². The van der Waals surface area contributed by atoms with Gasteiger partial charge in [0.05, 0.1) is 35.8 Å². The molecule has 0 spiro atoms. The molecule has 0 radical (unpaired) electrons. The van der Waals surface area contributed by atoms with Gasteiger partial charge in [-0.2, -0.15) is 14.6 Å². The normalized spacial score (nSPS) is 29.2. The van der Waals surface area contributed by atoms with Crippen LogP contribution in [0.3, 0.4) is 0 Å². The third-order valence-electron chi connectivity index (χ3n) is 7.34. The molecule has 2 aliphatic rings. The third-order valence-corrected chi connectivity index (χ3v) is 7.34. The van der Waals surface area contributed by atoms with Crippen molar-refractivity contribution in [2.75, 3.05) is 19.4 Å². The Kier molecular flexibility index (Phi) is 4.47. The molecule has 13 heteroatoms. The van der Waals surface area contributed by atoms with Crippen molar-refractivity contribution in [3.8, 4) is 17.3 Å². The van der Waals surface area contributed by atoms with E-state index in [0.717, 1.165) is 0 Å². The van der Waals surface area contributed by atoms with Crippen LogP contribution in [0.4, 0.5) is 5.82 Å². The van der Waals surface area contributed by atoms with Crippen molar-refractivity contribution < 1.29 is 15.0 Å². The molecule has 2 fully saturated rings. The van der Waals surface area contributed by atoms with Crippen LogP contribution in [-0.2, 0) is 4.79 Å². The van der Waals surface area contributed by atoms with Crippen molar-refractivity contribution in [2.45, 2.75) is 31.1 Å². The summed E-state index contributed by atoms with van der Waals surface area (Å²) < 4.78 is 3.19. The summed E-state index contributed by atoms with van der Waals surface area (Å²) in [6.45, 7) is 1.67. The van der Waals surface area contributed by atoms with Crippen LogP contribution in [0.1, 0.15) is 19.4 Å². The van der Waals surface area contributed by atoms with E-state index >= 15 is 0 Å². The first-order chi connectivity index (χ1) is 16.8. The van der Waals surface area contributed by atoms with Crippen molar-refractivity contribution in [3.63, 3.8) is 0 Å². The maximum absolute atomic E-state index is 12.4. The number of nitrogens with one attached hydrogen (secondary N) is 2. The standard InChI is InChI=1S/C22H24N10O3/c1-21(19(34)24-3)8-11-15(22(11,35)18(21)33)31-10-26-14-16(23-2)27-20(28-17(14)31)32-9-13(29-30-32)12-6-4-5-7-25-12/h4-7,9-11,15,18,33,35H,8H2,1-3H3,(H,24,34)(H,23,27,28)/t11-,15+,18+,21?,22-/m0/s1. The molecule has 1 unspecified atom stereocenters. The summed E-state index contributed by atoms with van der Waals surface area (Å²) in [5.41, 5.74) is -0.315. The summed E-state index contributed by atoms with van der Waals surface area (Å²) in [4.78, 5) is 30.3. The lowest BCUT2D eigenvalue weighted by Gasteiger charge is -2.32. The molecule has 0 aromatic carbocycles. The van der Waals surface area contributed by atoms with Crippen LogP contribution in [0.5, 0.6) is 0 Å². The van der Waals surface area contributed by atoms with Crippen LogP contribution in [0, 0.1) is 11.3 Å². The second kappa shape index (κ2) is 7.26. The van der Waals surface area contributed by atoms with Crippen molar-refractivity contribution in [3.05, 3.63) is 36.9 Å². The SMILES string of the molecule is CNC(=O)C1(C)C[C@H]2[C@@H](n3cnc4c(NC)nc(-n5cc(-c6ccccn6)nn5)nc43)[C@]2(O)[C@@H]1O. The highest BCUT2D eigenvalue weighted by molar-refractivity contribution is 5.85. The van der Waals surface area contributed by atoms with Gasteiger partial charge in [0, 0.05) is 26.2 Å². The zero-order valence-corrected chi connectivity index (χ0v) is 19.3. The average Bonchev–Trinajstić information content (AvgIpc) is 3.31. The summed E-state index contributed by atoms with van der Waals surface area (Å²) in [5.74, 6) is 0.117.